The minimum absolute atomic E-state index is 0.131. The number of nitro groups is 1. The molecule has 3 atom stereocenters. The van der Waals surface area contributed by atoms with Crippen molar-refractivity contribution in [1.82, 2.24) is 0 Å². The van der Waals surface area contributed by atoms with E-state index in [0.29, 0.717) is 0 Å². The zero-order chi connectivity index (χ0) is 12.1. The molecule has 0 spiro atoms. The van der Waals surface area contributed by atoms with Gasteiger partial charge < -0.3 is 9.47 Å². The van der Waals surface area contributed by atoms with E-state index in [4.69, 9.17) is 9.47 Å². The lowest BCUT2D eigenvalue weighted by molar-refractivity contribution is -0.496. The van der Waals surface area contributed by atoms with Crippen LogP contribution in [0, 0.1) is 16.0 Å². The van der Waals surface area contributed by atoms with Gasteiger partial charge in [0.1, 0.15) is 6.10 Å². The first-order valence-electron chi connectivity index (χ1n) is 5.91. The highest BCUT2D eigenvalue weighted by atomic mass is 16.7. The van der Waals surface area contributed by atoms with Crippen LogP contribution in [0.5, 0.6) is 0 Å². The third kappa shape index (κ3) is 4.45. The Labute approximate surface area is 96.3 Å². The third-order valence-corrected chi connectivity index (χ3v) is 2.83. The average Bonchev–Trinajstić information content (AvgIpc) is 2.15. The van der Waals surface area contributed by atoms with Gasteiger partial charge in [0.05, 0.1) is 6.10 Å². The van der Waals surface area contributed by atoms with Crippen LogP contribution in [0.4, 0.5) is 0 Å². The van der Waals surface area contributed by atoms with Crippen molar-refractivity contribution in [2.75, 3.05) is 6.54 Å². The highest BCUT2D eigenvalue weighted by molar-refractivity contribution is 4.66. The second-order valence-electron chi connectivity index (χ2n) is 4.74. The number of hydrogen-bond acceptors (Lipinski definition) is 4. The van der Waals surface area contributed by atoms with Crippen LogP contribution < -0.4 is 0 Å². The van der Waals surface area contributed by atoms with E-state index in [1.165, 1.54) is 0 Å². The molecule has 1 rings (SSSR count). The summed E-state index contributed by atoms with van der Waals surface area (Å²) in [6.45, 7) is 5.72. The fourth-order valence-corrected chi connectivity index (χ4v) is 1.82. The second-order valence-corrected chi connectivity index (χ2v) is 4.74. The van der Waals surface area contributed by atoms with Crippen molar-refractivity contribution >= 4 is 0 Å². The van der Waals surface area contributed by atoms with Gasteiger partial charge in [-0.3, -0.25) is 10.1 Å². The fourth-order valence-electron chi connectivity index (χ4n) is 1.82. The summed E-state index contributed by atoms with van der Waals surface area (Å²) in [6.07, 6.45) is 2.52. The summed E-state index contributed by atoms with van der Waals surface area (Å²) in [4.78, 5) is 10.2. The van der Waals surface area contributed by atoms with Crippen molar-refractivity contribution in [2.45, 2.75) is 58.5 Å². The van der Waals surface area contributed by atoms with Crippen LogP contribution in [0.2, 0.25) is 0 Å². The number of nitrogens with zero attached hydrogens (tertiary/aromatic N) is 1. The first kappa shape index (κ1) is 13.4. The summed E-state index contributed by atoms with van der Waals surface area (Å²) in [5.41, 5.74) is 0. The van der Waals surface area contributed by atoms with Gasteiger partial charge in [0, 0.05) is 4.92 Å². The maximum atomic E-state index is 10.5. The Morgan fingerprint density at radius 2 is 2.19 bits per heavy atom. The van der Waals surface area contributed by atoms with E-state index in [-0.39, 0.29) is 35.9 Å². The monoisotopic (exact) mass is 231 g/mol. The Bertz CT molecular complexity index is 232. The molecule has 0 saturated carbocycles. The molecule has 0 amide bonds. The highest BCUT2D eigenvalue weighted by Gasteiger charge is 2.27. The molecule has 0 aromatic carbocycles. The van der Waals surface area contributed by atoms with Crippen LogP contribution in [0.25, 0.3) is 0 Å². The van der Waals surface area contributed by atoms with Gasteiger partial charge in [-0.25, -0.2) is 0 Å². The Hall–Kier alpha value is -0.680. The molecule has 0 aromatic heterocycles. The molecule has 94 valence electrons. The maximum Gasteiger partial charge on any atom is 0.230 e. The highest BCUT2D eigenvalue weighted by Crippen LogP contribution is 2.22. The van der Waals surface area contributed by atoms with Crippen molar-refractivity contribution < 1.29 is 14.4 Å². The number of rotatable bonds is 5. The van der Waals surface area contributed by atoms with Crippen molar-refractivity contribution in [3.8, 4) is 0 Å². The predicted molar refractivity (Wildman–Crippen MR) is 59.8 cm³/mol. The molecule has 0 aliphatic carbocycles. The van der Waals surface area contributed by atoms with Crippen molar-refractivity contribution in [3.05, 3.63) is 10.1 Å². The van der Waals surface area contributed by atoms with E-state index in [1.807, 2.05) is 20.8 Å². The molecule has 0 N–H and O–H groups in total. The Kier molecular flexibility index (Phi) is 5.15. The molecule has 0 aromatic rings. The molecule has 5 nitrogen and oxygen atoms in total. The van der Waals surface area contributed by atoms with Crippen LogP contribution in [0.15, 0.2) is 0 Å². The molecule has 0 radical (unpaired) electrons. The first-order valence-corrected chi connectivity index (χ1v) is 5.91. The van der Waals surface area contributed by atoms with Gasteiger partial charge in [-0.1, -0.05) is 13.8 Å². The molecule has 1 aliphatic rings. The number of hydrogen-bond donors (Lipinski definition) is 0. The Morgan fingerprint density at radius 1 is 1.50 bits per heavy atom. The van der Waals surface area contributed by atoms with Crippen LogP contribution >= 0.6 is 0 Å². The fraction of sp³-hybridized carbons (Fsp3) is 1.00. The average molecular weight is 231 g/mol. The largest absolute Gasteiger partial charge is 0.350 e. The van der Waals surface area contributed by atoms with E-state index in [9.17, 15) is 10.1 Å². The van der Waals surface area contributed by atoms with Crippen LogP contribution in [0.3, 0.4) is 0 Å². The molecule has 1 aliphatic heterocycles. The lowest BCUT2D eigenvalue weighted by Gasteiger charge is -2.31. The molecule has 1 heterocycles. The standard InChI is InChI=1S/C11H21NO4/c1-8(2)10(7-12(13)14)16-11-6-4-5-9(3)15-11/h8-11H,4-7H2,1-3H3/t9-,10+,11?/m1/s1. The smallest absolute Gasteiger partial charge is 0.230 e. The van der Waals surface area contributed by atoms with Crippen LogP contribution in [-0.4, -0.2) is 30.0 Å². The summed E-state index contributed by atoms with van der Waals surface area (Å²) in [6, 6.07) is 0. The minimum atomic E-state index is -0.356. The molecular formula is C11H21NO4. The minimum Gasteiger partial charge on any atom is -0.350 e. The summed E-state index contributed by atoms with van der Waals surface area (Å²) < 4.78 is 11.3. The summed E-state index contributed by atoms with van der Waals surface area (Å²) in [5.74, 6) is 0.131. The van der Waals surface area contributed by atoms with Gasteiger partial charge in [-0.2, -0.15) is 0 Å². The van der Waals surface area contributed by atoms with Crippen LogP contribution in [-0.2, 0) is 9.47 Å². The number of ether oxygens (including phenoxy) is 2. The van der Waals surface area contributed by atoms with Gasteiger partial charge >= 0.3 is 0 Å². The van der Waals surface area contributed by atoms with E-state index in [2.05, 4.69) is 0 Å². The van der Waals surface area contributed by atoms with Crippen LogP contribution in [0.1, 0.15) is 40.0 Å². The van der Waals surface area contributed by atoms with Gasteiger partial charge in [0.2, 0.25) is 6.54 Å². The normalized spacial score (nSPS) is 28.0. The Balaban J connectivity index is 2.44. The van der Waals surface area contributed by atoms with Gasteiger partial charge in [-0.15, -0.1) is 0 Å². The lowest BCUT2D eigenvalue weighted by Crippen LogP contribution is -2.37. The zero-order valence-electron chi connectivity index (χ0n) is 10.2. The molecule has 1 unspecified atom stereocenters. The topological polar surface area (TPSA) is 61.6 Å². The third-order valence-electron chi connectivity index (χ3n) is 2.83. The van der Waals surface area contributed by atoms with Crippen molar-refractivity contribution in [1.29, 1.82) is 0 Å². The van der Waals surface area contributed by atoms with Gasteiger partial charge in [0.15, 0.2) is 6.29 Å². The molecule has 1 saturated heterocycles. The van der Waals surface area contributed by atoms with E-state index < -0.39 is 0 Å². The zero-order valence-corrected chi connectivity index (χ0v) is 10.2. The lowest BCUT2D eigenvalue weighted by atomic mass is 10.1. The molecule has 16 heavy (non-hydrogen) atoms. The molecular weight excluding hydrogens is 210 g/mol. The van der Waals surface area contributed by atoms with Crippen molar-refractivity contribution in [2.24, 2.45) is 5.92 Å². The first-order chi connectivity index (χ1) is 7.49. The van der Waals surface area contributed by atoms with E-state index in [1.54, 1.807) is 0 Å². The van der Waals surface area contributed by atoms with Gasteiger partial charge in [0.25, 0.3) is 0 Å². The molecule has 5 heteroatoms. The van der Waals surface area contributed by atoms with E-state index >= 15 is 0 Å². The second kappa shape index (κ2) is 6.15. The van der Waals surface area contributed by atoms with E-state index in [0.717, 1.165) is 19.3 Å². The quantitative estimate of drug-likeness (QED) is 0.537. The molecule has 0 bridgehead atoms. The SMILES string of the molecule is CC(C)[C@H](C[N+](=O)[O-])OC1CCC[C@@H](C)O1. The van der Waals surface area contributed by atoms with Crippen molar-refractivity contribution in [3.63, 3.8) is 0 Å². The predicted octanol–water partition coefficient (Wildman–Crippen LogP) is 2.22. The summed E-state index contributed by atoms with van der Waals surface area (Å²) >= 11 is 0. The maximum absolute atomic E-state index is 10.5. The summed E-state index contributed by atoms with van der Waals surface area (Å²) in [7, 11) is 0. The molecule has 1 fully saturated rings. The summed E-state index contributed by atoms with van der Waals surface area (Å²) in [5, 5.41) is 10.5. The Morgan fingerprint density at radius 3 is 2.69 bits per heavy atom. The van der Waals surface area contributed by atoms with Gasteiger partial charge in [-0.05, 0) is 32.1 Å².